The van der Waals surface area contributed by atoms with Gasteiger partial charge in [-0.1, -0.05) is 74.5 Å². The first-order valence-corrected chi connectivity index (χ1v) is 8.01. The lowest BCUT2D eigenvalue weighted by Gasteiger charge is -2.23. The van der Waals surface area contributed by atoms with Gasteiger partial charge < -0.3 is 4.90 Å². The van der Waals surface area contributed by atoms with Crippen molar-refractivity contribution in [2.45, 2.75) is 39.8 Å². The van der Waals surface area contributed by atoms with Gasteiger partial charge >= 0.3 is 0 Å². The lowest BCUT2D eigenvalue weighted by atomic mass is 10.1. The van der Waals surface area contributed by atoms with E-state index in [0.717, 1.165) is 6.42 Å². The molecule has 0 saturated heterocycles. The van der Waals surface area contributed by atoms with Gasteiger partial charge in [0.05, 0.1) is 0 Å². The molecule has 0 spiro atoms. The minimum Gasteiger partial charge on any atom is -0.334 e. The minimum absolute atomic E-state index is 0.237. The molecule has 2 aromatic rings. The molecule has 0 bridgehead atoms. The van der Waals surface area contributed by atoms with Gasteiger partial charge in [-0.3, -0.25) is 4.79 Å². The first kappa shape index (κ1) is 16.3. The van der Waals surface area contributed by atoms with Crippen molar-refractivity contribution in [2.24, 2.45) is 5.92 Å². The zero-order valence-corrected chi connectivity index (χ0v) is 13.5. The molecule has 22 heavy (non-hydrogen) atoms. The quantitative estimate of drug-likeness (QED) is 0.728. The number of carbonyl (C=O) groups is 1. The summed E-state index contributed by atoms with van der Waals surface area (Å²) >= 11 is 0. The Morgan fingerprint density at radius 1 is 0.864 bits per heavy atom. The van der Waals surface area contributed by atoms with E-state index in [1.165, 1.54) is 11.1 Å². The van der Waals surface area contributed by atoms with Crippen molar-refractivity contribution in [3.8, 4) is 0 Å². The highest BCUT2D eigenvalue weighted by molar-refractivity contribution is 5.76. The first-order chi connectivity index (χ1) is 10.6. The van der Waals surface area contributed by atoms with Crippen LogP contribution >= 0.6 is 0 Å². The molecule has 0 aliphatic heterocycles. The van der Waals surface area contributed by atoms with Crippen molar-refractivity contribution < 1.29 is 4.79 Å². The molecule has 0 atom stereocenters. The molecule has 0 saturated carbocycles. The lowest BCUT2D eigenvalue weighted by molar-refractivity contribution is -0.132. The molecule has 0 aromatic heterocycles. The van der Waals surface area contributed by atoms with Gasteiger partial charge in [0.1, 0.15) is 0 Å². The molecule has 0 aliphatic rings. The van der Waals surface area contributed by atoms with Gasteiger partial charge in [0.15, 0.2) is 0 Å². The molecule has 0 unspecified atom stereocenters. The SMILES string of the molecule is CC(C)CCC(=O)N(Cc1ccccc1)Cc1ccccc1. The molecule has 1 amide bonds. The average Bonchev–Trinajstić information content (AvgIpc) is 2.54. The number of hydrogen-bond acceptors (Lipinski definition) is 1. The van der Waals surface area contributed by atoms with Crippen molar-refractivity contribution in [1.82, 2.24) is 4.90 Å². The van der Waals surface area contributed by atoms with E-state index < -0.39 is 0 Å². The second-order valence-electron chi connectivity index (χ2n) is 6.15. The Morgan fingerprint density at radius 3 is 1.73 bits per heavy atom. The van der Waals surface area contributed by atoms with Gasteiger partial charge in [0.25, 0.3) is 0 Å². The predicted molar refractivity (Wildman–Crippen MR) is 91.2 cm³/mol. The number of hydrogen-bond donors (Lipinski definition) is 0. The Hall–Kier alpha value is -2.09. The highest BCUT2D eigenvalue weighted by Crippen LogP contribution is 2.14. The second-order valence-corrected chi connectivity index (χ2v) is 6.15. The highest BCUT2D eigenvalue weighted by Gasteiger charge is 2.15. The van der Waals surface area contributed by atoms with Gasteiger partial charge in [-0.15, -0.1) is 0 Å². The van der Waals surface area contributed by atoms with Crippen molar-refractivity contribution in [2.75, 3.05) is 0 Å². The summed E-state index contributed by atoms with van der Waals surface area (Å²) in [5.41, 5.74) is 2.35. The van der Waals surface area contributed by atoms with Crippen LogP contribution in [0.4, 0.5) is 0 Å². The van der Waals surface area contributed by atoms with Crippen LogP contribution in [-0.2, 0) is 17.9 Å². The van der Waals surface area contributed by atoms with E-state index in [9.17, 15) is 4.79 Å². The van der Waals surface area contributed by atoms with Gasteiger partial charge in [-0.05, 0) is 23.5 Å². The van der Waals surface area contributed by atoms with Crippen molar-refractivity contribution in [3.05, 3.63) is 71.8 Å². The molecule has 0 heterocycles. The Labute approximate surface area is 133 Å². The summed E-state index contributed by atoms with van der Waals surface area (Å²) in [7, 11) is 0. The van der Waals surface area contributed by atoms with E-state index in [-0.39, 0.29) is 5.91 Å². The van der Waals surface area contributed by atoms with E-state index in [4.69, 9.17) is 0 Å². The molecule has 2 aromatic carbocycles. The molecule has 2 rings (SSSR count). The van der Waals surface area contributed by atoms with Crippen molar-refractivity contribution in [3.63, 3.8) is 0 Å². The predicted octanol–water partition coefficient (Wildman–Crippen LogP) is 4.65. The summed E-state index contributed by atoms with van der Waals surface area (Å²) in [5.74, 6) is 0.792. The van der Waals surface area contributed by atoms with Crippen LogP contribution in [0.1, 0.15) is 37.8 Å². The highest BCUT2D eigenvalue weighted by atomic mass is 16.2. The van der Waals surface area contributed by atoms with Crippen LogP contribution in [0.25, 0.3) is 0 Å². The smallest absolute Gasteiger partial charge is 0.223 e. The maximum absolute atomic E-state index is 12.6. The number of amides is 1. The summed E-state index contributed by atoms with van der Waals surface area (Å²) in [6, 6.07) is 20.4. The van der Waals surface area contributed by atoms with E-state index in [1.54, 1.807) is 0 Å². The molecule has 0 radical (unpaired) electrons. The Balaban J connectivity index is 2.07. The summed E-state index contributed by atoms with van der Waals surface area (Å²) in [4.78, 5) is 14.5. The second kappa shape index (κ2) is 8.38. The molecular weight excluding hydrogens is 270 g/mol. The van der Waals surface area contributed by atoms with Crippen LogP contribution in [0.2, 0.25) is 0 Å². The fourth-order valence-electron chi connectivity index (χ4n) is 2.41. The zero-order valence-electron chi connectivity index (χ0n) is 13.5. The molecule has 0 N–H and O–H groups in total. The van der Waals surface area contributed by atoms with Gasteiger partial charge in [0.2, 0.25) is 5.91 Å². The standard InChI is InChI=1S/C20H25NO/c1-17(2)13-14-20(22)21(15-18-9-5-3-6-10-18)16-19-11-7-4-8-12-19/h3-12,17H,13-16H2,1-2H3. The normalized spacial score (nSPS) is 10.7. The van der Waals surface area contributed by atoms with Gasteiger partial charge in [-0.25, -0.2) is 0 Å². The van der Waals surface area contributed by atoms with Gasteiger partial charge in [0, 0.05) is 19.5 Å². The van der Waals surface area contributed by atoms with E-state index in [2.05, 4.69) is 38.1 Å². The van der Waals surface area contributed by atoms with Crippen LogP contribution in [0.3, 0.4) is 0 Å². The van der Waals surface area contributed by atoms with E-state index in [1.807, 2.05) is 41.3 Å². The topological polar surface area (TPSA) is 20.3 Å². The number of rotatable bonds is 7. The Kier molecular flexibility index (Phi) is 6.20. The Bertz CT molecular complexity index is 521. The lowest BCUT2D eigenvalue weighted by Crippen LogP contribution is -2.30. The third kappa shape index (κ3) is 5.36. The van der Waals surface area contributed by atoms with Crippen LogP contribution in [0.5, 0.6) is 0 Å². The summed E-state index contributed by atoms with van der Waals surface area (Å²) in [5, 5.41) is 0. The first-order valence-electron chi connectivity index (χ1n) is 8.01. The number of carbonyl (C=O) groups excluding carboxylic acids is 1. The summed E-state index contributed by atoms with van der Waals surface area (Å²) in [6.07, 6.45) is 1.57. The maximum atomic E-state index is 12.6. The largest absolute Gasteiger partial charge is 0.334 e. The average molecular weight is 295 g/mol. The summed E-state index contributed by atoms with van der Waals surface area (Å²) < 4.78 is 0. The monoisotopic (exact) mass is 295 g/mol. The third-order valence-corrected chi connectivity index (χ3v) is 3.72. The fraction of sp³-hybridized carbons (Fsp3) is 0.350. The van der Waals surface area contributed by atoms with Crippen LogP contribution < -0.4 is 0 Å². The van der Waals surface area contributed by atoms with Crippen molar-refractivity contribution in [1.29, 1.82) is 0 Å². The third-order valence-electron chi connectivity index (χ3n) is 3.72. The van der Waals surface area contributed by atoms with Crippen LogP contribution in [0, 0.1) is 5.92 Å². The molecule has 0 aliphatic carbocycles. The minimum atomic E-state index is 0.237. The number of nitrogens with zero attached hydrogens (tertiary/aromatic N) is 1. The van der Waals surface area contributed by atoms with Crippen LogP contribution in [0.15, 0.2) is 60.7 Å². The molecule has 2 heteroatoms. The zero-order chi connectivity index (χ0) is 15.8. The number of benzene rings is 2. The van der Waals surface area contributed by atoms with Crippen LogP contribution in [-0.4, -0.2) is 10.8 Å². The van der Waals surface area contributed by atoms with E-state index in [0.29, 0.717) is 25.4 Å². The fourth-order valence-corrected chi connectivity index (χ4v) is 2.41. The Morgan fingerprint density at radius 2 is 1.32 bits per heavy atom. The van der Waals surface area contributed by atoms with E-state index >= 15 is 0 Å². The van der Waals surface area contributed by atoms with Gasteiger partial charge in [-0.2, -0.15) is 0 Å². The summed E-state index contributed by atoms with van der Waals surface area (Å²) in [6.45, 7) is 5.66. The molecular formula is C20H25NO. The maximum Gasteiger partial charge on any atom is 0.223 e. The molecule has 2 nitrogen and oxygen atoms in total. The molecule has 116 valence electrons. The molecule has 0 fully saturated rings. The van der Waals surface area contributed by atoms with Crippen molar-refractivity contribution >= 4 is 5.91 Å².